The third kappa shape index (κ3) is 2.62. The average Bonchev–Trinajstić information content (AvgIpc) is 3.24. The van der Waals surface area contributed by atoms with Crippen LogP contribution in [0.2, 0.25) is 0 Å². The molecule has 1 heterocycles. The fraction of sp³-hybridized carbons (Fsp3) is 1.00. The molecule has 5 aliphatic rings. The summed E-state index contributed by atoms with van der Waals surface area (Å²) in [5.74, 6) is 2.52. The van der Waals surface area contributed by atoms with Crippen LogP contribution in [0.4, 0.5) is 0 Å². The maximum Gasteiger partial charge on any atom is 0.0804 e. The highest BCUT2D eigenvalue weighted by Crippen LogP contribution is 2.66. The zero-order chi connectivity index (χ0) is 19.0. The van der Waals surface area contributed by atoms with E-state index in [1.54, 1.807) is 0 Å². The first-order valence-electron chi connectivity index (χ1n) is 11.6. The minimum Gasteiger partial charge on any atom is -0.391 e. The molecule has 154 valence electrons. The second-order valence-corrected chi connectivity index (χ2v) is 11.3. The van der Waals surface area contributed by atoms with E-state index in [0.29, 0.717) is 29.7 Å². The topological polar surface area (TPSA) is 63.9 Å². The molecule has 3 N–H and O–H groups in total. The van der Waals surface area contributed by atoms with Crippen molar-refractivity contribution < 1.29 is 15.3 Å². The SMILES string of the molecule is C[C@]12C[C@H](O)[C@@H](O)CC1CCC1C2CC[C@@]2(C)C1C[C@H](N1CCCC1)[C@@H]2O. The number of aliphatic hydroxyl groups is 3. The maximum atomic E-state index is 11.4. The van der Waals surface area contributed by atoms with Crippen molar-refractivity contribution in [2.45, 2.75) is 96.0 Å². The van der Waals surface area contributed by atoms with Crippen LogP contribution in [0, 0.1) is 34.5 Å². The zero-order valence-corrected chi connectivity index (χ0v) is 17.2. The van der Waals surface area contributed by atoms with Gasteiger partial charge >= 0.3 is 0 Å². The molecule has 1 aliphatic heterocycles. The lowest BCUT2D eigenvalue weighted by Crippen LogP contribution is -2.57. The van der Waals surface area contributed by atoms with Crippen molar-refractivity contribution in [3.05, 3.63) is 0 Å². The fourth-order valence-corrected chi connectivity index (χ4v) is 8.68. The van der Waals surface area contributed by atoms with Crippen LogP contribution in [-0.2, 0) is 0 Å². The van der Waals surface area contributed by atoms with Crippen LogP contribution >= 0.6 is 0 Å². The minimum absolute atomic E-state index is 0.0738. The molecule has 10 atom stereocenters. The third-order valence-electron chi connectivity index (χ3n) is 10.3. The van der Waals surface area contributed by atoms with E-state index in [4.69, 9.17) is 0 Å². The molecular weight excluding hydrogens is 338 g/mol. The summed E-state index contributed by atoms with van der Waals surface area (Å²) in [6.07, 6.45) is 8.81. The molecule has 4 aliphatic carbocycles. The summed E-state index contributed by atoms with van der Waals surface area (Å²) in [7, 11) is 0. The summed E-state index contributed by atoms with van der Waals surface area (Å²) < 4.78 is 0. The number of aliphatic hydroxyl groups excluding tert-OH is 3. The number of hydrogen-bond acceptors (Lipinski definition) is 4. The quantitative estimate of drug-likeness (QED) is 0.657. The molecule has 4 heteroatoms. The highest BCUT2D eigenvalue weighted by atomic mass is 16.3. The van der Waals surface area contributed by atoms with E-state index < -0.39 is 12.2 Å². The summed E-state index contributed by atoms with van der Waals surface area (Å²) in [4.78, 5) is 2.58. The Labute approximate surface area is 164 Å². The summed E-state index contributed by atoms with van der Waals surface area (Å²) in [5, 5.41) is 32.0. The summed E-state index contributed by atoms with van der Waals surface area (Å²) >= 11 is 0. The van der Waals surface area contributed by atoms with E-state index >= 15 is 0 Å². The van der Waals surface area contributed by atoms with Gasteiger partial charge in [0.1, 0.15) is 0 Å². The Kier molecular flexibility index (Phi) is 4.48. The largest absolute Gasteiger partial charge is 0.391 e. The van der Waals surface area contributed by atoms with E-state index in [9.17, 15) is 15.3 Å². The monoisotopic (exact) mass is 377 g/mol. The van der Waals surface area contributed by atoms with Crippen LogP contribution < -0.4 is 0 Å². The number of nitrogens with zero attached hydrogens (tertiary/aromatic N) is 1. The molecule has 5 fully saturated rings. The van der Waals surface area contributed by atoms with E-state index in [2.05, 4.69) is 18.7 Å². The predicted octanol–water partition coefficient (Wildman–Crippen LogP) is 2.80. The minimum atomic E-state index is -0.551. The Morgan fingerprint density at radius 2 is 1.56 bits per heavy atom. The molecule has 0 bridgehead atoms. The zero-order valence-electron chi connectivity index (χ0n) is 17.2. The summed E-state index contributed by atoms with van der Waals surface area (Å²) in [6, 6.07) is 0.366. The molecule has 0 amide bonds. The normalized spacial score (nSPS) is 58.6. The second-order valence-electron chi connectivity index (χ2n) is 11.3. The maximum absolute atomic E-state index is 11.4. The smallest absolute Gasteiger partial charge is 0.0804 e. The Bertz CT molecular complexity index is 578. The third-order valence-corrected chi connectivity index (χ3v) is 10.3. The molecule has 0 aromatic carbocycles. The van der Waals surface area contributed by atoms with Crippen LogP contribution in [-0.4, -0.2) is 57.7 Å². The number of fused-ring (bicyclic) bond motifs is 5. The average molecular weight is 378 g/mol. The van der Waals surface area contributed by atoms with Crippen LogP contribution in [0.1, 0.15) is 71.6 Å². The number of rotatable bonds is 1. The lowest BCUT2D eigenvalue weighted by Gasteiger charge is -2.61. The van der Waals surface area contributed by atoms with Gasteiger partial charge in [-0.2, -0.15) is 0 Å². The number of likely N-dealkylation sites (tertiary alicyclic amines) is 1. The molecule has 0 radical (unpaired) electrons. The van der Waals surface area contributed by atoms with Gasteiger partial charge in [0, 0.05) is 6.04 Å². The Morgan fingerprint density at radius 1 is 0.815 bits per heavy atom. The van der Waals surface area contributed by atoms with E-state index in [1.165, 1.54) is 51.6 Å². The fourth-order valence-electron chi connectivity index (χ4n) is 8.68. The van der Waals surface area contributed by atoms with Gasteiger partial charge in [0.15, 0.2) is 0 Å². The molecule has 1 saturated heterocycles. The molecule has 4 saturated carbocycles. The standard InChI is InChI=1S/C23H39NO3/c1-22-8-7-16-15(6-5-14-11-19(25)20(26)13-23(14,16)2)17(22)12-18(21(22)27)24-9-3-4-10-24/h14-21,25-27H,3-13H2,1-2H3/t14?,15?,16?,17?,18-,19-,20-,21-,22-,23-/m0/s1. The van der Waals surface area contributed by atoms with Crippen molar-refractivity contribution in [2.24, 2.45) is 34.5 Å². The van der Waals surface area contributed by atoms with E-state index in [-0.39, 0.29) is 16.9 Å². The molecule has 0 spiro atoms. The van der Waals surface area contributed by atoms with Crippen LogP contribution in [0.5, 0.6) is 0 Å². The lowest BCUT2D eigenvalue weighted by atomic mass is 9.45. The van der Waals surface area contributed by atoms with Gasteiger partial charge in [-0.25, -0.2) is 0 Å². The highest BCUT2D eigenvalue weighted by Gasteiger charge is 2.63. The summed E-state index contributed by atoms with van der Waals surface area (Å²) in [6.45, 7) is 7.13. The lowest BCUT2D eigenvalue weighted by molar-refractivity contribution is -0.163. The van der Waals surface area contributed by atoms with Gasteiger partial charge in [-0.05, 0) is 105 Å². The van der Waals surface area contributed by atoms with Crippen molar-refractivity contribution in [1.82, 2.24) is 4.90 Å². The van der Waals surface area contributed by atoms with Crippen LogP contribution in [0.25, 0.3) is 0 Å². The van der Waals surface area contributed by atoms with Gasteiger partial charge in [0.25, 0.3) is 0 Å². The molecule has 0 aromatic rings. The number of hydrogen-bond donors (Lipinski definition) is 3. The first-order chi connectivity index (χ1) is 12.8. The predicted molar refractivity (Wildman–Crippen MR) is 105 cm³/mol. The van der Waals surface area contributed by atoms with Gasteiger partial charge < -0.3 is 15.3 Å². The van der Waals surface area contributed by atoms with Crippen LogP contribution in [0.15, 0.2) is 0 Å². The highest BCUT2D eigenvalue weighted by molar-refractivity contribution is 5.13. The van der Waals surface area contributed by atoms with Crippen molar-refractivity contribution in [3.63, 3.8) is 0 Å². The van der Waals surface area contributed by atoms with Crippen LogP contribution in [0.3, 0.4) is 0 Å². The van der Waals surface area contributed by atoms with Gasteiger partial charge in [-0.15, -0.1) is 0 Å². The van der Waals surface area contributed by atoms with Crippen molar-refractivity contribution in [1.29, 1.82) is 0 Å². The Morgan fingerprint density at radius 3 is 2.30 bits per heavy atom. The second kappa shape index (κ2) is 6.42. The van der Waals surface area contributed by atoms with Gasteiger partial charge in [-0.3, -0.25) is 4.90 Å². The van der Waals surface area contributed by atoms with E-state index in [1.807, 2.05) is 0 Å². The Hall–Kier alpha value is -0.160. The summed E-state index contributed by atoms with van der Waals surface area (Å²) in [5.41, 5.74) is 0.240. The molecule has 4 unspecified atom stereocenters. The van der Waals surface area contributed by atoms with Crippen molar-refractivity contribution in [3.8, 4) is 0 Å². The molecule has 27 heavy (non-hydrogen) atoms. The first-order valence-corrected chi connectivity index (χ1v) is 11.6. The molecule has 0 aromatic heterocycles. The Balaban J connectivity index is 1.42. The molecule has 5 rings (SSSR count). The van der Waals surface area contributed by atoms with Gasteiger partial charge in [-0.1, -0.05) is 13.8 Å². The van der Waals surface area contributed by atoms with Crippen molar-refractivity contribution in [2.75, 3.05) is 13.1 Å². The molecule has 4 nitrogen and oxygen atoms in total. The van der Waals surface area contributed by atoms with Gasteiger partial charge in [0.2, 0.25) is 0 Å². The van der Waals surface area contributed by atoms with E-state index in [0.717, 1.165) is 19.3 Å². The first kappa shape index (κ1) is 18.8. The van der Waals surface area contributed by atoms with Gasteiger partial charge in [0.05, 0.1) is 18.3 Å². The van der Waals surface area contributed by atoms with Crippen molar-refractivity contribution >= 4 is 0 Å². The molecular formula is C23H39NO3.